The number of ether oxygens (including phenoxy) is 2. The zero-order valence-corrected chi connectivity index (χ0v) is 21.1. The lowest BCUT2D eigenvalue weighted by Gasteiger charge is -2.37. The van der Waals surface area contributed by atoms with E-state index in [1.807, 2.05) is 37.3 Å². The Morgan fingerprint density at radius 1 is 1.03 bits per heavy atom. The standard InChI is InChI=1S/C30H29N3O4/c1-18-27(30(35)33-21-10-7-13-31-17-21)28(23-12-11-22(36-2)16-26(23)37-3)29-24(32-18)14-20(15-25(29)34)19-8-5-4-6-9-19/h4-13,16-17,20,28,32H,14-15H2,1-3H3,(H,33,35). The average molecular weight is 496 g/mol. The van der Waals surface area contributed by atoms with E-state index >= 15 is 0 Å². The number of ketones is 1. The van der Waals surface area contributed by atoms with E-state index in [0.717, 1.165) is 16.8 Å². The third kappa shape index (κ3) is 4.72. The Labute approximate surface area is 216 Å². The first-order chi connectivity index (χ1) is 18.0. The maximum Gasteiger partial charge on any atom is 0.254 e. The van der Waals surface area contributed by atoms with Crippen molar-refractivity contribution in [1.29, 1.82) is 0 Å². The maximum atomic E-state index is 13.8. The van der Waals surface area contributed by atoms with Gasteiger partial charge in [-0.05, 0) is 43.0 Å². The Morgan fingerprint density at radius 2 is 1.84 bits per heavy atom. The minimum atomic E-state index is -0.599. The number of hydrogen-bond donors (Lipinski definition) is 2. The topological polar surface area (TPSA) is 89.5 Å². The van der Waals surface area contributed by atoms with Crippen LogP contribution in [0.25, 0.3) is 0 Å². The Morgan fingerprint density at radius 3 is 2.54 bits per heavy atom. The van der Waals surface area contributed by atoms with Crippen LogP contribution in [0.3, 0.4) is 0 Å². The summed E-state index contributed by atoms with van der Waals surface area (Å²) in [4.78, 5) is 31.6. The fourth-order valence-electron chi connectivity index (χ4n) is 5.30. The number of carbonyl (C=O) groups is 2. The highest BCUT2D eigenvalue weighted by Gasteiger charge is 2.42. The van der Waals surface area contributed by atoms with Gasteiger partial charge in [0.25, 0.3) is 5.91 Å². The van der Waals surface area contributed by atoms with Crippen molar-refractivity contribution in [2.45, 2.75) is 31.6 Å². The first kappa shape index (κ1) is 24.3. The molecule has 0 radical (unpaired) electrons. The summed E-state index contributed by atoms with van der Waals surface area (Å²) in [5.41, 5.74) is 5.07. The molecule has 5 rings (SSSR count). The SMILES string of the molecule is COc1ccc(C2C(C(=O)Nc3cccnc3)=C(C)NC3=C2C(=O)CC(c2ccccc2)C3)c(OC)c1. The molecule has 188 valence electrons. The number of benzene rings is 2. The Balaban J connectivity index is 1.62. The number of rotatable bonds is 6. The monoisotopic (exact) mass is 495 g/mol. The molecule has 1 amide bonds. The molecule has 3 aromatic rings. The van der Waals surface area contributed by atoms with Crippen molar-refractivity contribution in [2.75, 3.05) is 19.5 Å². The van der Waals surface area contributed by atoms with Crippen LogP contribution >= 0.6 is 0 Å². The lowest BCUT2D eigenvalue weighted by atomic mass is 9.71. The molecule has 0 fully saturated rings. The Bertz CT molecular complexity index is 1400. The molecule has 2 heterocycles. The third-order valence-corrected chi connectivity index (χ3v) is 7.01. The molecule has 7 heteroatoms. The van der Waals surface area contributed by atoms with E-state index in [9.17, 15) is 9.59 Å². The second-order valence-electron chi connectivity index (χ2n) is 9.23. The molecular formula is C30H29N3O4. The second kappa shape index (κ2) is 10.3. The van der Waals surface area contributed by atoms with Crippen LogP contribution in [-0.4, -0.2) is 30.9 Å². The minimum absolute atomic E-state index is 0.0182. The summed E-state index contributed by atoms with van der Waals surface area (Å²) in [5.74, 6) is 0.366. The van der Waals surface area contributed by atoms with Gasteiger partial charge >= 0.3 is 0 Å². The number of nitrogens with zero attached hydrogens (tertiary/aromatic N) is 1. The number of dihydropyridines is 1. The van der Waals surface area contributed by atoms with E-state index in [1.165, 1.54) is 0 Å². The molecule has 2 aliphatic rings. The number of aromatic nitrogens is 1. The largest absolute Gasteiger partial charge is 0.497 e. The van der Waals surface area contributed by atoms with Crippen molar-refractivity contribution in [3.05, 3.63) is 107 Å². The van der Waals surface area contributed by atoms with Crippen LogP contribution in [0.15, 0.2) is 95.6 Å². The molecule has 7 nitrogen and oxygen atoms in total. The number of pyridine rings is 1. The molecule has 0 saturated heterocycles. The van der Waals surface area contributed by atoms with E-state index in [2.05, 4.69) is 27.8 Å². The number of allylic oxidation sites excluding steroid dienone is 3. The van der Waals surface area contributed by atoms with Gasteiger partial charge in [0.15, 0.2) is 5.78 Å². The van der Waals surface area contributed by atoms with Gasteiger partial charge in [0.05, 0.1) is 32.0 Å². The van der Waals surface area contributed by atoms with Crippen LogP contribution in [-0.2, 0) is 9.59 Å². The van der Waals surface area contributed by atoms with Crippen molar-refractivity contribution < 1.29 is 19.1 Å². The van der Waals surface area contributed by atoms with Crippen molar-refractivity contribution in [1.82, 2.24) is 10.3 Å². The van der Waals surface area contributed by atoms with Crippen molar-refractivity contribution >= 4 is 17.4 Å². The normalized spacial score (nSPS) is 19.2. The predicted molar refractivity (Wildman–Crippen MR) is 141 cm³/mol. The number of Topliss-reactive ketones (excluding diaryl/α,β-unsaturated/α-hetero) is 1. The highest BCUT2D eigenvalue weighted by Crippen LogP contribution is 2.48. The van der Waals surface area contributed by atoms with Crippen LogP contribution in [0, 0.1) is 0 Å². The minimum Gasteiger partial charge on any atom is -0.497 e. The van der Waals surface area contributed by atoms with Gasteiger partial charge in [-0.2, -0.15) is 0 Å². The molecule has 1 aliphatic carbocycles. The smallest absolute Gasteiger partial charge is 0.254 e. The zero-order valence-electron chi connectivity index (χ0n) is 21.1. The van der Waals surface area contributed by atoms with Crippen LogP contribution in [0.4, 0.5) is 5.69 Å². The molecule has 2 unspecified atom stereocenters. The van der Waals surface area contributed by atoms with E-state index in [0.29, 0.717) is 46.9 Å². The molecule has 2 aromatic carbocycles. The molecule has 2 atom stereocenters. The number of nitrogens with one attached hydrogen (secondary N) is 2. The Hall–Kier alpha value is -4.39. The number of carbonyl (C=O) groups excluding carboxylic acids is 2. The average Bonchev–Trinajstić information content (AvgIpc) is 2.92. The second-order valence-corrected chi connectivity index (χ2v) is 9.23. The van der Waals surface area contributed by atoms with Gasteiger partial charge in [0, 0.05) is 46.8 Å². The maximum absolute atomic E-state index is 13.8. The van der Waals surface area contributed by atoms with Crippen LogP contribution < -0.4 is 20.1 Å². The van der Waals surface area contributed by atoms with Gasteiger partial charge in [-0.15, -0.1) is 0 Å². The molecule has 0 saturated carbocycles. The van der Waals surface area contributed by atoms with Crippen molar-refractivity contribution in [3.63, 3.8) is 0 Å². The first-order valence-electron chi connectivity index (χ1n) is 12.2. The highest BCUT2D eigenvalue weighted by atomic mass is 16.5. The predicted octanol–water partition coefficient (Wildman–Crippen LogP) is 5.10. The summed E-state index contributed by atoms with van der Waals surface area (Å²) in [5, 5.41) is 6.37. The molecule has 1 aliphatic heterocycles. The van der Waals surface area contributed by atoms with E-state index in [4.69, 9.17) is 9.47 Å². The van der Waals surface area contributed by atoms with Gasteiger partial charge in [-0.1, -0.05) is 36.4 Å². The summed E-state index contributed by atoms with van der Waals surface area (Å²) in [6.45, 7) is 1.88. The quantitative estimate of drug-likeness (QED) is 0.495. The third-order valence-electron chi connectivity index (χ3n) is 7.01. The van der Waals surface area contributed by atoms with E-state index in [-0.39, 0.29) is 17.6 Å². The lowest BCUT2D eigenvalue weighted by molar-refractivity contribution is -0.116. The number of hydrogen-bond acceptors (Lipinski definition) is 6. The molecule has 0 spiro atoms. The summed E-state index contributed by atoms with van der Waals surface area (Å²) in [7, 11) is 3.17. The zero-order chi connectivity index (χ0) is 25.9. The summed E-state index contributed by atoms with van der Waals surface area (Å²) < 4.78 is 11.1. The van der Waals surface area contributed by atoms with Gasteiger partial charge < -0.3 is 20.1 Å². The van der Waals surface area contributed by atoms with Crippen LogP contribution in [0.2, 0.25) is 0 Å². The highest BCUT2D eigenvalue weighted by molar-refractivity contribution is 6.10. The molecule has 2 N–H and O–H groups in total. The number of methoxy groups -OCH3 is 2. The fourth-order valence-corrected chi connectivity index (χ4v) is 5.30. The van der Waals surface area contributed by atoms with Gasteiger partial charge in [0.1, 0.15) is 11.5 Å². The van der Waals surface area contributed by atoms with Crippen LogP contribution in [0.1, 0.15) is 42.7 Å². The van der Waals surface area contributed by atoms with E-state index < -0.39 is 5.92 Å². The van der Waals surface area contributed by atoms with Gasteiger partial charge in [0.2, 0.25) is 0 Å². The summed E-state index contributed by atoms with van der Waals surface area (Å²) in [6, 6.07) is 19.1. The summed E-state index contributed by atoms with van der Waals surface area (Å²) in [6.07, 6.45) is 4.28. The lowest BCUT2D eigenvalue weighted by Crippen LogP contribution is -2.37. The van der Waals surface area contributed by atoms with Gasteiger partial charge in [-0.3, -0.25) is 14.6 Å². The van der Waals surface area contributed by atoms with E-state index in [1.54, 1.807) is 44.8 Å². The number of anilines is 1. The van der Waals surface area contributed by atoms with Gasteiger partial charge in [-0.25, -0.2) is 0 Å². The van der Waals surface area contributed by atoms with Crippen molar-refractivity contribution in [2.24, 2.45) is 0 Å². The Kier molecular flexibility index (Phi) is 6.77. The van der Waals surface area contributed by atoms with Crippen LogP contribution in [0.5, 0.6) is 11.5 Å². The van der Waals surface area contributed by atoms with Crippen molar-refractivity contribution in [3.8, 4) is 11.5 Å². The first-order valence-corrected chi connectivity index (χ1v) is 12.2. The molecule has 1 aromatic heterocycles. The number of amides is 1. The molecule has 37 heavy (non-hydrogen) atoms. The molecular weight excluding hydrogens is 466 g/mol. The fraction of sp³-hybridized carbons (Fsp3) is 0.233. The molecule has 0 bridgehead atoms. The summed E-state index contributed by atoms with van der Waals surface area (Å²) >= 11 is 0.